The Hall–Kier alpha value is -2.08. The number of benzene rings is 1. The van der Waals surface area contributed by atoms with E-state index in [9.17, 15) is 9.90 Å². The minimum atomic E-state index is -0.449. The van der Waals surface area contributed by atoms with Crippen LogP contribution in [0.3, 0.4) is 0 Å². The molecule has 1 aromatic heterocycles. The monoisotopic (exact) mass is 250 g/mol. The number of nitrogens with one attached hydrogen (secondary N) is 1. The largest absolute Gasteiger partial charge is 0.507 e. The maximum absolute atomic E-state index is 11.9. The molecular weight excluding hydrogens is 240 g/mol. The molecule has 0 aliphatic carbocycles. The van der Waals surface area contributed by atoms with Gasteiger partial charge in [0.05, 0.1) is 7.11 Å². The van der Waals surface area contributed by atoms with Crippen LogP contribution >= 0.6 is 11.3 Å². The lowest BCUT2D eigenvalue weighted by Gasteiger charge is -2.09. The van der Waals surface area contributed by atoms with Gasteiger partial charge in [-0.1, -0.05) is 6.07 Å². The molecule has 2 N–H and O–H groups in total. The van der Waals surface area contributed by atoms with Crippen molar-refractivity contribution >= 4 is 22.4 Å². The lowest BCUT2D eigenvalue weighted by molar-refractivity contribution is 0.102. The predicted molar refractivity (Wildman–Crippen MR) is 64.7 cm³/mol. The van der Waals surface area contributed by atoms with Gasteiger partial charge < -0.3 is 9.84 Å². The molecule has 0 unspecified atom stereocenters. The molecule has 0 fully saturated rings. The van der Waals surface area contributed by atoms with Crippen LogP contribution in [0.25, 0.3) is 0 Å². The Morgan fingerprint density at radius 3 is 3.00 bits per heavy atom. The van der Waals surface area contributed by atoms with Crippen LogP contribution in [0.15, 0.2) is 29.8 Å². The highest BCUT2D eigenvalue weighted by molar-refractivity contribution is 7.13. The molecule has 2 aromatic rings. The van der Waals surface area contributed by atoms with E-state index in [1.807, 2.05) is 0 Å². The minimum absolute atomic E-state index is 0.102. The number of aromatic nitrogens is 1. The van der Waals surface area contributed by atoms with Gasteiger partial charge in [-0.2, -0.15) is 0 Å². The Labute approximate surface area is 102 Å². The number of methoxy groups -OCH3 is 1. The first-order chi connectivity index (χ1) is 8.22. The second-order valence-corrected chi connectivity index (χ2v) is 4.04. The van der Waals surface area contributed by atoms with Crippen molar-refractivity contribution in [1.29, 1.82) is 0 Å². The first kappa shape index (κ1) is 11.4. The number of rotatable bonds is 3. The zero-order chi connectivity index (χ0) is 12.3. The number of aromatic hydroxyl groups is 1. The normalized spacial score (nSPS) is 9.94. The van der Waals surface area contributed by atoms with Crippen LogP contribution in [0, 0.1) is 0 Å². The summed E-state index contributed by atoms with van der Waals surface area (Å²) in [6, 6.07) is 4.64. The van der Waals surface area contributed by atoms with E-state index in [-0.39, 0.29) is 11.3 Å². The van der Waals surface area contributed by atoms with Gasteiger partial charge in [-0.25, -0.2) is 4.98 Å². The molecule has 1 aromatic carbocycles. The quantitative estimate of drug-likeness (QED) is 0.875. The average molecular weight is 250 g/mol. The summed E-state index contributed by atoms with van der Waals surface area (Å²) in [6.45, 7) is 0. The van der Waals surface area contributed by atoms with Crippen LogP contribution in [0.4, 0.5) is 5.13 Å². The van der Waals surface area contributed by atoms with Gasteiger partial charge >= 0.3 is 0 Å². The van der Waals surface area contributed by atoms with E-state index < -0.39 is 5.91 Å². The highest BCUT2D eigenvalue weighted by atomic mass is 32.1. The van der Waals surface area contributed by atoms with Gasteiger partial charge in [-0.3, -0.25) is 10.1 Å². The van der Waals surface area contributed by atoms with Crippen LogP contribution in [-0.2, 0) is 0 Å². The third kappa shape index (κ3) is 2.36. The van der Waals surface area contributed by atoms with Crippen LogP contribution < -0.4 is 10.1 Å². The lowest BCUT2D eigenvalue weighted by Crippen LogP contribution is -2.13. The molecule has 1 amide bonds. The number of phenolic OH excluding ortho intramolecular Hbond substituents is 1. The van der Waals surface area contributed by atoms with Crippen molar-refractivity contribution in [3.63, 3.8) is 0 Å². The third-order valence-corrected chi connectivity index (χ3v) is 2.79. The predicted octanol–water partition coefficient (Wildman–Crippen LogP) is 2.11. The number of phenols is 1. The number of carbonyl (C=O) groups is 1. The zero-order valence-corrected chi connectivity index (χ0v) is 9.82. The maximum atomic E-state index is 11.9. The van der Waals surface area contributed by atoms with E-state index >= 15 is 0 Å². The summed E-state index contributed by atoms with van der Waals surface area (Å²) in [5.74, 6) is -0.257. The van der Waals surface area contributed by atoms with Crippen molar-refractivity contribution in [2.24, 2.45) is 0 Å². The van der Waals surface area contributed by atoms with Crippen LogP contribution in [0.5, 0.6) is 11.5 Å². The van der Waals surface area contributed by atoms with Gasteiger partial charge in [0.25, 0.3) is 5.91 Å². The number of hydrogen-bond donors (Lipinski definition) is 2. The first-order valence-electron chi connectivity index (χ1n) is 4.79. The van der Waals surface area contributed by atoms with Crippen molar-refractivity contribution < 1.29 is 14.6 Å². The van der Waals surface area contributed by atoms with Crippen molar-refractivity contribution in [3.05, 3.63) is 35.3 Å². The van der Waals surface area contributed by atoms with Gasteiger partial charge in [-0.05, 0) is 12.1 Å². The van der Waals surface area contributed by atoms with E-state index in [1.165, 1.54) is 24.5 Å². The molecule has 0 saturated carbocycles. The van der Waals surface area contributed by atoms with E-state index in [0.29, 0.717) is 10.9 Å². The standard InChI is InChI=1S/C11H10N2O3S/c1-16-8-4-2-3-7(14)9(8)10(15)13-11-12-5-6-17-11/h2-6,14H,1H3,(H,12,13,15). The molecule has 2 rings (SSSR count). The van der Waals surface area contributed by atoms with Gasteiger partial charge in [0.2, 0.25) is 0 Å². The zero-order valence-electron chi connectivity index (χ0n) is 9.01. The van der Waals surface area contributed by atoms with Gasteiger partial charge in [0.1, 0.15) is 17.1 Å². The Morgan fingerprint density at radius 2 is 2.35 bits per heavy atom. The number of hydrogen-bond acceptors (Lipinski definition) is 5. The highest BCUT2D eigenvalue weighted by Crippen LogP contribution is 2.28. The third-order valence-electron chi connectivity index (χ3n) is 2.10. The summed E-state index contributed by atoms with van der Waals surface area (Å²) in [4.78, 5) is 15.9. The van der Waals surface area contributed by atoms with Crippen LogP contribution in [-0.4, -0.2) is 23.1 Å². The molecule has 0 radical (unpaired) electrons. The highest BCUT2D eigenvalue weighted by Gasteiger charge is 2.17. The molecule has 1 heterocycles. The summed E-state index contributed by atoms with van der Waals surface area (Å²) in [5.41, 5.74) is 0.102. The average Bonchev–Trinajstić information content (AvgIpc) is 2.81. The van der Waals surface area contributed by atoms with Crippen molar-refractivity contribution in [2.45, 2.75) is 0 Å². The van der Waals surface area contributed by atoms with Crippen LogP contribution in [0.2, 0.25) is 0 Å². The second kappa shape index (κ2) is 4.84. The van der Waals surface area contributed by atoms with Gasteiger partial charge in [0, 0.05) is 11.6 Å². The minimum Gasteiger partial charge on any atom is -0.507 e. The first-order valence-corrected chi connectivity index (χ1v) is 5.67. The molecule has 0 aliphatic heterocycles. The van der Waals surface area contributed by atoms with Crippen molar-refractivity contribution in [1.82, 2.24) is 4.98 Å². The second-order valence-electron chi connectivity index (χ2n) is 3.15. The summed E-state index contributed by atoms with van der Waals surface area (Å²) in [7, 11) is 1.44. The fourth-order valence-electron chi connectivity index (χ4n) is 1.36. The fraction of sp³-hybridized carbons (Fsp3) is 0.0909. The maximum Gasteiger partial charge on any atom is 0.265 e. The van der Waals surface area contributed by atoms with Gasteiger partial charge in [-0.15, -0.1) is 11.3 Å². The molecule has 0 spiro atoms. The number of ether oxygens (including phenoxy) is 1. The SMILES string of the molecule is COc1cccc(O)c1C(=O)Nc1nccs1. The summed E-state index contributed by atoms with van der Waals surface area (Å²) >= 11 is 1.30. The van der Waals surface area contributed by atoms with Crippen molar-refractivity contribution in [3.8, 4) is 11.5 Å². The summed E-state index contributed by atoms with van der Waals surface area (Å²) in [6.07, 6.45) is 1.59. The van der Waals surface area contributed by atoms with E-state index in [2.05, 4.69) is 10.3 Å². The molecule has 17 heavy (non-hydrogen) atoms. The molecule has 0 atom stereocenters. The fourth-order valence-corrected chi connectivity index (χ4v) is 1.89. The van der Waals surface area contributed by atoms with Gasteiger partial charge in [0.15, 0.2) is 5.13 Å². The molecule has 0 aliphatic rings. The van der Waals surface area contributed by atoms with E-state index in [0.717, 1.165) is 0 Å². The Bertz CT molecular complexity index is 526. The Morgan fingerprint density at radius 1 is 1.53 bits per heavy atom. The number of thiazole rings is 1. The molecule has 88 valence electrons. The number of carbonyl (C=O) groups excluding carboxylic acids is 1. The molecular formula is C11H10N2O3S. The molecule has 0 saturated heterocycles. The Balaban J connectivity index is 2.30. The number of amides is 1. The lowest BCUT2D eigenvalue weighted by atomic mass is 10.1. The molecule has 5 nitrogen and oxygen atoms in total. The number of anilines is 1. The topological polar surface area (TPSA) is 71.5 Å². The van der Waals surface area contributed by atoms with Crippen molar-refractivity contribution in [2.75, 3.05) is 12.4 Å². The molecule has 0 bridgehead atoms. The smallest absolute Gasteiger partial charge is 0.265 e. The van der Waals surface area contributed by atoms with Crippen LogP contribution in [0.1, 0.15) is 10.4 Å². The summed E-state index contributed by atoms with van der Waals surface area (Å²) in [5, 5.41) is 14.5. The summed E-state index contributed by atoms with van der Waals surface area (Å²) < 4.78 is 5.03. The molecule has 6 heteroatoms. The number of nitrogens with zero attached hydrogens (tertiary/aromatic N) is 1. The van der Waals surface area contributed by atoms with E-state index in [1.54, 1.807) is 23.7 Å². The van der Waals surface area contributed by atoms with E-state index in [4.69, 9.17) is 4.74 Å². The Kier molecular flexibility index (Phi) is 3.24.